The number of hydrogen-bond acceptors (Lipinski definition) is 6. The molecule has 0 radical (unpaired) electrons. The summed E-state index contributed by atoms with van der Waals surface area (Å²) in [5.74, 6) is -0.848. The number of rotatable bonds is 4. The number of carbonyl (C=O) groups excluding carboxylic acids is 3. The summed E-state index contributed by atoms with van der Waals surface area (Å²) in [5.41, 5.74) is 0.783. The highest BCUT2D eigenvalue weighted by Gasteiger charge is 2.70. The summed E-state index contributed by atoms with van der Waals surface area (Å²) in [6.45, 7) is 2.13. The second-order valence-electron chi connectivity index (χ2n) is 8.85. The van der Waals surface area contributed by atoms with E-state index in [4.69, 9.17) is 9.47 Å². The number of methoxy groups -OCH3 is 1. The lowest BCUT2D eigenvalue weighted by Crippen LogP contribution is -2.54. The summed E-state index contributed by atoms with van der Waals surface area (Å²) < 4.78 is 10.7. The van der Waals surface area contributed by atoms with Gasteiger partial charge in [-0.1, -0.05) is 30.3 Å². The van der Waals surface area contributed by atoms with Crippen molar-refractivity contribution < 1.29 is 23.9 Å². The Morgan fingerprint density at radius 3 is 2.67 bits per heavy atom. The van der Waals surface area contributed by atoms with Gasteiger partial charge in [-0.25, -0.2) is 0 Å². The molecule has 2 fully saturated rings. The molecule has 30 heavy (non-hydrogen) atoms. The van der Waals surface area contributed by atoms with Gasteiger partial charge in [-0.2, -0.15) is 0 Å². The molecule has 6 heteroatoms. The molecule has 0 saturated carbocycles. The van der Waals surface area contributed by atoms with Gasteiger partial charge < -0.3 is 14.4 Å². The number of esters is 2. The van der Waals surface area contributed by atoms with Crippen LogP contribution in [0.3, 0.4) is 0 Å². The van der Waals surface area contributed by atoms with Crippen molar-refractivity contribution in [3.05, 3.63) is 47.2 Å². The molecule has 6 nitrogen and oxygen atoms in total. The van der Waals surface area contributed by atoms with Gasteiger partial charge in [0, 0.05) is 17.3 Å². The van der Waals surface area contributed by atoms with E-state index < -0.39 is 16.9 Å². The van der Waals surface area contributed by atoms with Crippen LogP contribution in [0.4, 0.5) is 0 Å². The molecule has 5 rings (SSSR count). The van der Waals surface area contributed by atoms with Crippen molar-refractivity contribution in [3.63, 3.8) is 0 Å². The van der Waals surface area contributed by atoms with Crippen LogP contribution in [0.25, 0.3) is 0 Å². The molecule has 0 N–H and O–H groups in total. The van der Waals surface area contributed by atoms with E-state index in [1.165, 1.54) is 7.11 Å². The van der Waals surface area contributed by atoms with Gasteiger partial charge in [0.05, 0.1) is 19.6 Å². The molecule has 1 aromatic carbocycles. The third-order valence-electron chi connectivity index (χ3n) is 7.67. The van der Waals surface area contributed by atoms with Gasteiger partial charge in [0.1, 0.15) is 11.0 Å². The Morgan fingerprint density at radius 1 is 1.20 bits per heavy atom. The van der Waals surface area contributed by atoms with Gasteiger partial charge in [-0.3, -0.25) is 14.4 Å². The fourth-order valence-electron chi connectivity index (χ4n) is 6.55. The zero-order valence-electron chi connectivity index (χ0n) is 17.5. The average molecular weight is 409 g/mol. The number of benzene rings is 1. The monoisotopic (exact) mass is 409 g/mol. The van der Waals surface area contributed by atoms with Crippen LogP contribution in [0.1, 0.15) is 51.0 Å². The Morgan fingerprint density at radius 2 is 1.97 bits per heavy atom. The fourth-order valence-corrected chi connectivity index (χ4v) is 6.55. The summed E-state index contributed by atoms with van der Waals surface area (Å²) in [4.78, 5) is 42.2. The van der Waals surface area contributed by atoms with E-state index in [9.17, 15) is 14.4 Å². The minimum atomic E-state index is -0.933. The van der Waals surface area contributed by atoms with Gasteiger partial charge in [0.15, 0.2) is 5.78 Å². The van der Waals surface area contributed by atoms with Gasteiger partial charge in [-0.15, -0.1) is 0 Å². The van der Waals surface area contributed by atoms with E-state index in [-0.39, 0.29) is 23.8 Å². The lowest BCUT2D eigenvalue weighted by atomic mass is 9.66. The topological polar surface area (TPSA) is 72.9 Å². The number of ether oxygens (including phenoxy) is 2. The third-order valence-corrected chi connectivity index (χ3v) is 7.67. The first-order valence-electron chi connectivity index (χ1n) is 10.9. The van der Waals surface area contributed by atoms with Crippen LogP contribution < -0.4 is 0 Å². The van der Waals surface area contributed by atoms with Crippen LogP contribution >= 0.6 is 0 Å². The summed E-state index contributed by atoms with van der Waals surface area (Å²) in [7, 11) is 1.40. The molecule has 0 aromatic heterocycles. The molecular formula is C24H27NO5. The Hall–Kier alpha value is -2.63. The van der Waals surface area contributed by atoms with Crippen molar-refractivity contribution in [1.82, 2.24) is 4.90 Å². The van der Waals surface area contributed by atoms with Gasteiger partial charge in [-0.05, 0) is 51.0 Å². The zero-order chi connectivity index (χ0) is 21.1. The average Bonchev–Trinajstić information content (AvgIpc) is 3.26. The van der Waals surface area contributed by atoms with Crippen LogP contribution in [0.15, 0.2) is 41.6 Å². The molecule has 158 valence electrons. The largest absolute Gasteiger partial charge is 0.469 e. The van der Waals surface area contributed by atoms with Crippen LogP contribution in [-0.2, 0) is 29.4 Å². The van der Waals surface area contributed by atoms with Crippen LogP contribution in [0, 0.1) is 11.3 Å². The second-order valence-corrected chi connectivity index (χ2v) is 8.85. The van der Waals surface area contributed by atoms with Crippen molar-refractivity contribution in [2.45, 2.75) is 57.0 Å². The van der Waals surface area contributed by atoms with E-state index in [0.29, 0.717) is 38.7 Å². The van der Waals surface area contributed by atoms with Crippen LogP contribution in [0.5, 0.6) is 0 Å². The summed E-state index contributed by atoms with van der Waals surface area (Å²) >= 11 is 0. The van der Waals surface area contributed by atoms with E-state index in [1.807, 2.05) is 37.3 Å². The van der Waals surface area contributed by atoms with Crippen molar-refractivity contribution in [2.75, 3.05) is 13.7 Å². The van der Waals surface area contributed by atoms with Crippen molar-refractivity contribution in [3.8, 4) is 0 Å². The quantitative estimate of drug-likeness (QED) is 0.712. The standard InChI is InChI=1S/C24H27NO5/c1-3-30-22(28)23-12-7-10-16-19(23)25-18(11-13-23)17(21(27)29-2)14-24(25,20(16)26)15-8-5-4-6-9-15/h4-6,8-9,17-18H,3,7,10-14H2,1-2H3/t17-,18-,23+,24+/m0/s1. The van der Waals surface area contributed by atoms with Crippen molar-refractivity contribution in [2.24, 2.45) is 11.3 Å². The molecule has 0 amide bonds. The predicted octanol–water partition coefficient (Wildman–Crippen LogP) is 3.11. The molecule has 4 atom stereocenters. The van der Waals surface area contributed by atoms with Crippen molar-refractivity contribution in [1.29, 1.82) is 0 Å². The van der Waals surface area contributed by atoms with E-state index >= 15 is 0 Å². The summed E-state index contributed by atoms with van der Waals surface area (Å²) in [6.07, 6.45) is 3.83. The highest BCUT2D eigenvalue weighted by Crippen LogP contribution is 2.65. The van der Waals surface area contributed by atoms with Gasteiger partial charge in [0.25, 0.3) is 0 Å². The molecule has 3 heterocycles. The zero-order valence-corrected chi connectivity index (χ0v) is 17.5. The van der Waals surface area contributed by atoms with E-state index in [0.717, 1.165) is 23.3 Å². The SMILES string of the molecule is CCOC(=O)[C@@]12CCCC3=C1N1[C@@H](CC2)[C@@H](C(=O)OC)C[C@@]1(c1ccccc1)C3=O. The maximum absolute atomic E-state index is 14.0. The smallest absolute Gasteiger partial charge is 0.318 e. The number of piperidine rings is 1. The first-order chi connectivity index (χ1) is 14.5. The molecule has 0 bridgehead atoms. The van der Waals surface area contributed by atoms with E-state index in [2.05, 4.69) is 4.90 Å². The summed E-state index contributed by atoms with van der Waals surface area (Å²) in [6, 6.07) is 9.57. The van der Waals surface area contributed by atoms with E-state index in [1.54, 1.807) is 0 Å². The number of nitrogens with zero attached hydrogens (tertiary/aromatic N) is 1. The number of ketones is 1. The van der Waals surface area contributed by atoms with Crippen LogP contribution in [-0.4, -0.2) is 42.4 Å². The predicted molar refractivity (Wildman–Crippen MR) is 108 cm³/mol. The lowest BCUT2D eigenvalue weighted by Gasteiger charge is -2.49. The van der Waals surface area contributed by atoms with Gasteiger partial charge >= 0.3 is 11.9 Å². The number of carbonyl (C=O) groups is 3. The Bertz CT molecular complexity index is 954. The molecule has 1 aliphatic carbocycles. The Kier molecular flexibility index (Phi) is 4.31. The molecule has 3 aliphatic heterocycles. The van der Waals surface area contributed by atoms with Crippen molar-refractivity contribution >= 4 is 17.7 Å². The summed E-state index contributed by atoms with van der Waals surface area (Å²) in [5, 5.41) is 0. The Labute approximate surface area is 176 Å². The minimum absolute atomic E-state index is 0.0513. The highest BCUT2D eigenvalue weighted by molar-refractivity contribution is 6.09. The fraction of sp³-hybridized carbons (Fsp3) is 0.542. The lowest BCUT2D eigenvalue weighted by molar-refractivity contribution is -0.158. The number of Topliss-reactive ketones (excluding diaryl/α,β-unsaturated/α-hetero) is 1. The molecule has 0 spiro atoms. The Balaban J connectivity index is 1.73. The molecule has 0 unspecified atom stereocenters. The molecule has 2 saturated heterocycles. The maximum Gasteiger partial charge on any atom is 0.318 e. The maximum atomic E-state index is 14.0. The van der Waals surface area contributed by atoms with Gasteiger partial charge in [0.2, 0.25) is 0 Å². The molecule has 1 aromatic rings. The third kappa shape index (κ3) is 2.22. The highest BCUT2D eigenvalue weighted by atomic mass is 16.5. The molecule has 4 aliphatic rings. The number of hydrogen-bond donors (Lipinski definition) is 0. The first kappa shape index (κ1) is 19.3. The van der Waals surface area contributed by atoms with Crippen LogP contribution in [0.2, 0.25) is 0 Å². The minimum Gasteiger partial charge on any atom is -0.469 e. The molecular weight excluding hydrogens is 382 g/mol. The first-order valence-corrected chi connectivity index (χ1v) is 10.9. The second kappa shape index (κ2) is 6.69. The normalized spacial score (nSPS) is 34.1.